The van der Waals surface area contributed by atoms with Gasteiger partial charge in [0.1, 0.15) is 0 Å². The molecule has 0 unspecified atom stereocenters. The second kappa shape index (κ2) is 11.2. The van der Waals surface area contributed by atoms with Gasteiger partial charge >= 0.3 is 0 Å². The number of hydrogen-bond donors (Lipinski definition) is 1. The molecular formula is C12H25IN2O2. The van der Waals surface area contributed by atoms with Gasteiger partial charge in [0.25, 0.3) is 0 Å². The van der Waals surface area contributed by atoms with Gasteiger partial charge in [-0.05, 0) is 26.7 Å². The van der Waals surface area contributed by atoms with Gasteiger partial charge in [-0.3, -0.25) is 8.32 Å². The van der Waals surface area contributed by atoms with Crippen LogP contribution in [0.2, 0.25) is 0 Å². The van der Waals surface area contributed by atoms with Crippen LogP contribution in [0.3, 0.4) is 0 Å². The summed E-state index contributed by atoms with van der Waals surface area (Å²) in [6.07, 6.45) is 4.11. The Hall–Kier alpha value is 0.120. The summed E-state index contributed by atoms with van der Waals surface area (Å²) in [5.74, 6) is 0.222. The molecule has 0 spiro atoms. The van der Waals surface area contributed by atoms with Gasteiger partial charge in [-0.1, -0.05) is 6.42 Å². The lowest BCUT2D eigenvalue weighted by atomic mass is 10.2. The molecule has 0 aromatic carbocycles. The molecule has 0 aliphatic heterocycles. The van der Waals surface area contributed by atoms with E-state index in [0.717, 1.165) is 25.8 Å². The number of unbranched alkanes of at least 4 members (excludes halogenated alkanes) is 2. The third-order valence-corrected chi connectivity index (χ3v) is 3.00. The number of carbonyl (C=O) groups is 1. The predicted octanol–water partition coefficient (Wildman–Crippen LogP) is 2.37. The van der Waals surface area contributed by atoms with Crippen molar-refractivity contribution in [3.8, 4) is 0 Å². The molecule has 5 heteroatoms. The first-order chi connectivity index (χ1) is 8.07. The molecule has 0 aliphatic carbocycles. The van der Waals surface area contributed by atoms with Crippen molar-refractivity contribution in [1.29, 1.82) is 0 Å². The molecule has 0 atom stereocenters. The van der Waals surface area contributed by atoms with Gasteiger partial charge in [0.15, 0.2) is 0 Å². The summed E-state index contributed by atoms with van der Waals surface area (Å²) in [5, 5.41) is 0. The molecule has 0 rings (SSSR count). The zero-order chi connectivity index (χ0) is 13.1. The summed E-state index contributed by atoms with van der Waals surface area (Å²) in [5.41, 5.74) is 0. The Morgan fingerprint density at radius 1 is 1.35 bits per heavy atom. The van der Waals surface area contributed by atoms with Gasteiger partial charge < -0.3 is 9.64 Å². The van der Waals surface area contributed by atoms with E-state index < -0.39 is 0 Å². The first-order valence-corrected chi connectivity index (χ1v) is 7.35. The number of amides is 1. The fourth-order valence-corrected chi connectivity index (χ4v) is 1.77. The molecular weight excluding hydrogens is 331 g/mol. The molecule has 0 radical (unpaired) electrons. The van der Waals surface area contributed by atoms with E-state index >= 15 is 0 Å². The van der Waals surface area contributed by atoms with Gasteiger partial charge in [-0.25, -0.2) is 0 Å². The molecule has 1 N–H and O–H groups in total. The van der Waals surface area contributed by atoms with Crippen LogP contribution in [-0.2, 0) is 9.53 Å². The highest BCUT2D eigenvalue weighted by Gasteiger charge is 2.07. The smallest absolute Gasteiger partial charge is 0.222 e. The number of hydrogen-bond acceptors (Lipinski definition) is 3. The van der Waals surface area contributed by atoms with Crippen molar-refractivity contribution in [2.45, 2.75) is 45.6 Å². The average Bonchev–Trinajstić information content (AvgIpc) is 2.27. The van der Waals surface area contributed by atoms with E-state index in [0.29, 0.717) is 19.6 Å². The summed E-state index contributed by atoms with van der Waals surface area (Å²) in [6, 6.07) is 0. The van der Waals surface area contributed by atoms with Gasteiger partial charge in [-0.15, -0.1) is 0 Å². The minimum Gasteiger partial charge on any atom is -0.377 e. The lowest BCUT2D eigenvalue weighted by Crippen LogP contribution is -2.30. The molecule has 102 valence electrons. The summed E-state index contributed by atoms with van der Waals surface area (Å²) in [4.78, 5) is 13.5. The highest BCUT2D eigenvalue weighted by Crippen LogP contribution is 2.02. The van der Waals surface area contributed by atoms with E-state index in [9.17, 15) is 4.79 Å². The lowest BCUT2D eigenvalue weighted by molar-refractivity contribution is -0.130. The second-order valence-corrected chi connectivity index (χ2v) is 5.19. The van der Waals surface area contributed by atoms with Crippen LogP contribution in [0.25, 0.3) is 0 Å². The monoisotopic (exact) mass is 356 g/mol. The number of carbonyl (C=O) groups excluding carboxylic acids is 1. The van der Waals surface area contributed by atoms with E-state index in [4.69, 9.17) is 4.74 Å². The van der Waals surface area contributed by atoms with Crippen molar-refractivity contribution in [1.82, 2.24) is 8.43 Å². The van der Waals surface area contributed by atoms with Crippen LogP contribution in [-0.4, -0.2) is 43.7 Å². The fourth-order valence-electron chi connectivity index (χ4n) is 1.39. The third kappa shape index (κ3) is 11.0. The van der Waals surface area contributed by atoms with Crippen LogP contribution in [0.5, 0.6) is 0 Å². The van der Waals surface area contributed by atoms with Crippen LogP contribution in [0, 0.1) is 0 Å². The van der Waals surface area contributed by atoms with Crippen molar-refractivity contribution < 1.29 is 9.53 Å². The maximum absolute atomic E-state index is 11.7. The van der Waals surface area contributed by atoms with Gasteiger partial charge in [0, 0.05) is 49.4 Å². The Bertz CT molecular complexity index is 201. The highest BCUT2D eigenvalue weighted by atomic mass is 127. The van der Waals surface area contributed by atoms with E-state index in [1.807, 2.05) is 20.9 Å². The van der Waals surface area contributed by atoms with E-state index in [1.54, 1.807) is 4.90 Å². The number of ether oxygens (including phenoxy) is 1. The number of nitrogens with one attached hydrogen (secondary N) is 1. The van der Waals surface area contributed by atoms with Crippen LogP contribution in [0.15, 0.2) is 0 Å². The Morgan fingerprint density at radius 2 is 2.06 bits per heavy atom. The normalized spacial score (nSPS) is 10.9. The van der Waals surface area contributed by atoms with E-state index in [1.165, 1.54) is 0 Å². The summed E-state index contributed by atoms with van der Waals surface area (Å²) in [7, 11) is 1.85. The fraction of sp³-hybridized carbons (Fsp3) is 0.917. The molecule has 0 aliphatic rings. The Kier molecular flexibility index (Phi) is 11.3. The molecule has 17 heavy (non-hydrogen) atoms. The molecule has 0 saturated carbocycles. The standard InChI is InChI=1S/C12H25IN2O2/c1-11(2)17-10-9-15(3)12(16)7-5-4-6-8-14-13/h11,14H,4-10H2,1-3H3. The quantitative estimate of drug-likeness (QED) is 0.371. The zero-order valence-electron chi connectivity index (χ0n) is 11.2. The molecule has 0 bridgehead atoms. The lowest BCUT2D eigenvalue weighted by Gasteiger charge is -2.18. The van der Waals surface area contributed by atoms with Gasteiger partial charge in [-0.2, -0.15) is 0 Å². The minimum atomic E-state index is 0.222. The minimum absolute atomic E-state index is 0.222. The SMILES string of the molecule is CC(C)OCCN(C)C(=O)CCCCCNI. The van der Waals surface area contributed by atoms with Gasteiger partial charge in [0.05, 0.1) is 12.7 Å². The van der Waals surface area contributed by atoms with Crippen molar-refractivity contribution in [2.24, 2.45) is 0 Å². The first kappa shape index (κ1) is 17.1. The third-order valence-electron chi connectivity index (χ3n) is 2.47. The van der Waals surface area contributed by atoms with E-state index in [2.05, 4.69) is 26.4 Å². The molecule has 0 saturated heterocycles. The number of likely N-dealkylation sites (N-methyl/N-ethyl adjacent to an activating group) is 1. The molecule has 0 aromatic rings. The van der Waals surface area contributed by atoms with Crippen molar-refractivity contribution in [3.63, 3.8) is 0 Å². The molecule has 1 amide bonds. The van der Waals surface area contributed by atoms with Crippen LogP contribution >= 0.6 is 22.9 Å². The number of rotatable bonds is 10. The highest BCUT2D eigenvalue weighted by molar-refractivity contribution is 14.1. The average molecular weight is 356 g/mol. The molecule has 0 aromatic heterocycles. The Labute approximate surface area is 119 Å². The number of halogens is 1. The second-order valence-electron chi connectivity index (χ2n) is 4.43. The summed E-state index contributed by atoms with van der Waals surface area (Å²) < 4.78 is 8.49. The number of nitrogens with zero attached hydrogens (tertiary/aromatic N) is 1. The topological polar surface area (TPSA) is 41.6 Å². The molecule has 0 fully saturated rings. The van der Waals surface area contributed by atoms with Crippen LogP contribution in [0.4, 0.5) is 0 Å². The van der Waals surface area contributed by atoms with Crippen molar-refractivity contribution in [2.75, 3.05) is 26.7 Å². The largest absolute Gasteiger partial charge is 0.377 e. The zero-order valence-corrected chi connectivity index (χ0v) is 13.3. The van der Waals surface area contributed by atoms with Crippen LogP contribution in [0.1, 0.15) is 39.5 Å². The van der Waals surface area contributed by atoms with Crippen LogP contribution < -0.4 is 3.53 Å². The molecule has 0 heterocycles. The van der Waals surface area contributed by atoms with Crippen molar-refractivity contribution in [3.05, 3.63) is 0 Å². The molecule has 4 nitrogen and oxygen atoms in total. The first-order valence-electron chi connectivity index (χ1n) is 6.27. The predicted molar refractivity (Wildman–Crippen MR) is 79.2 cm³/mol. The van der Waals surface area contributed by atoms with E-state index in [-0.39, 0.29) is 12.0 Å². The maximum atomic E-state index is 11.7. The Balaban J connectivity index is 3.47. The Morgan fingerprint density at radius 3 is 2.65 bits per heavy atom. The van der Waals surface area contributed by atoms with Gasteiger partial charge in [0.2, 0.25) is 5.91 Å². The summed E-state index contributed by atoms with van der Waals surface area (Å²) >= 11 is 2.14. The van der Waals surface area contributed by atoms with Crippen molar-refractivity contribution >= 4 is 28.8 Å². The maximum Gasteiger partial charge on any atom is 0.222 e. The summed E-state index contributed by atoms with van der Waals surface area (Å²) in [6.45, 7) is 6.34.